The van der Waals surface area contributed by atoms with Crippen LogP contribution in [-0.4, -0.2) is 13.0 Å². The Morgan fingerprint density at radius 2 is 2.05 bits per heavy atom. The van der Waals surface area contributed by atoms with Gasteiger partial charge in [-0.15, -0.1) is 0 Å². The fourth-order valence-corrected chi connectivity index (χ4v) is 2.07. The smallest absolute Gasteiger partial charge is 0.220 e. The quantitative estimate of drug-likeness (QED) is 0.569. The Kier molecular flexibility index (Phi) is 4.96. The lowest BCUT2D eigenvalue weighted by atomic mass is 10.1. The van der Waals surface area contributed by atoms with Gasteiger partial charge in [0.1, 0.15) is 0 Å². The zero-order valence-electron chi connectivity index (χ0n) is 11.7. The lowest BCUT2D eigenvalue weighted by molar-refractivity contribution is 0.404. The number of allylic oxidation sites excluding steroid dienone is 3. The van der Waals surface area contributed by atoms with E-state index in [0.717, 1.165) is 24.1 Å². The number of hydrogen-bond donors (Lipinski definition) is 0. The van der Waals surface area contributed by atoms with E-state index >= 15 is 0 Å². The van der Waals surface area contributed by atoms with Gasteiger partial charge in [-0.3, -0.25) is 0 Å². The van der Waals surface area contributed by atoms with Crippen LogP contribution < -0.4 is 0 Å². The molecule has 2 rings (SSSR count). The van der Waals surface area contributed by atoms with Crippen LogP contribution >= 0.6 is 0 Å². The number of ether oxygens (including phenoxy) is 1. The highest BCUT2D eigenvalue weighted by molar-refractivity contribution is 5.94. The van der Waals surface area contributed by atoms with Gasteiger partial charge in [-0.2, -0.15) is 0 Å². The van der Waals surface area contributed by atoms with Crippen molar-refractivity contribution in [1.82, 2.24) is 0 Å². The molecule has 0 bridgehead atoms. The lowest BCUT2D eigenvalue weighted by Crippen LogP contribution is -2.04. The molecule has 19 heavy (non-hydrogen) atoms. The largest absolute Gasteiger partial charge is 0.481 e. The van der Waals surface area contributed by atoms with Crippen LogP contribution in [0.5, 0.6) is 0 Å². The van der Waals surface area contributed by atoms with Crippen LogP contribution in [0.1, 0.15) is 37.3 Å². The number of unbranched alkanes of at least 4 members (excludes halogenated alkanes) is 1. The molecular weight excluding hydrogens is 234 g/mol. The highest BCUT2D eigenvalue weighted by Crippen LogP contribution is 2.15. The van der Waals surface area contributed by atoms with E-state index in [-0.39, 0.29) is 0 Å². The first-order valence-electron chi connectivity index (χ1n) is 6.91. The van der Waals surface area contributed by atoms with E-state index in [1.54, 1.807) is 7.11 Å². The summed E-state index contributed by atoms with van der Waals surface area (Å²) in [6.45, 7) is 2.22. The summed E-state index contributed by atoms with van der Waals surface area (Å²) in [7, 11) is 1.67. The first kappa shape index (κ1) is 13.6. The summed E-state index contributed by atoms with van der Waals surface area (Å²) in [5, 5.41) is 0. The van der Waals surface area contributed by atoms with Crippen molar-refractivity contribution in [3.8, 4) is 0 Å². The van der Waals surface area contributed by atoms with Gasteiger partial charge in [-0.1, -0.05) is 37.6 Å². The van der Waals surface area contributed by atoms with Crippen molar-refractivity contribution in [2.75, 3.05) is 7.11 Å². The molecule has 2 heteroatoms. The topological polar surface area (TPSA) is 21.6 Å². The van der Waals surface area contributed by atoms with Gasteiger partial charge in [0.2, 0.25) is 5.90 Å². The van der Waals surface area contributed by atoms with Crippen molar-refractivity contribution in [2.24, 2.45) is 4.99 Å². The highest BCUT2D eigenvalue weighted by Gasteiger charge is 2.06. The molecule has 0 radical (unpaired) electrons. The van der Waals surface area contributed by atoms with Crippen LogP contribution in [0.4, 0.5) is 0 Å². The van der Waals surface area contributed by atoms with Crippen molar-refractivity contribution in [3.05, 3.63) is 59.3 Å². The van der Waals surface area contributed by atoms with Crippen molar-refractivity contribution in [3.63, 3.8) is 0 Å². The summed E-state index contributed by atoms with van der Waals surface area (Å²) >= 11 is 0. The van der Waals surface area contributed by atoms with E-state index < -0.39 is 0 Å². The molecule has 0 unspecified atom stereocenters. The van der Waals surface area contributed by atoms with Crippen LogP contribution in [0.3, 0.4) is 0 Å². The van der Waals surface area contributed by atoms with E-state index in [1.807, 2.05) is 12.2 Å². The van der Waals surface area contributed by atoms with Gasteiger partial charge in [-0.25, -0.2) is 4.99 Å². The Bertz CT molecular complexity index is 494. The van der Waals surface area contributed by atoms with Crippen LogP contribution in [0.2, 0.25) is 0 Å². The molecule has 0 fully saturated rings. The van der Waals surface area contributed by atoms with Crippen molar-refractivity contribution in [2.45, 2.75) is 32.6 Å². The van der Waals surface area contributed by atoms with Gasteiger partial charge >= 0.3 is 0 Å². The lowest BCUT2D eigenvalue weighted by Gasteiger charge is -2.07. The number of rotatable bonds is 5. The van der Waals surface area contributed by atoms with Crippen LogP contribution in [0, 0.1) is 0 Å². The van der Waals surface area contributed by atoms with E-state index in [4.69, 9.17) is 4.74 Å². The van der Waals surface area contributed by atoms with E-state index in [9.17, 15) is 0 Å². The number of methoxy groups -OCH3 is 1. The third-order valence-electron chi connectivity index (χ3n) is 3.21. The Morgan fingerprint density at radius 3 is 2.63 bits per heavy atom. The second-order valence-corrected chi connectivity index (χ2v) is 4.71. The summed E-state index contributed by atoms with van der Waals surface area (Å²) < 4.78 is 5.40. The van der Waals surface area contributed by atoms with Crippen LogP contribution in [-0.2, 0) is 11.2 Å². The molecule has 0 aromatic heterocycles. The summed E-state index contributed by atoms with van der Waals surface area (Å²) in [6, 6.07) is 8.52. The molecule has 1 aromatic carbocycles. The molecular formula is C17H21NO. The number of benzene rings is 1. The van der Waals surface area contributed by atoms with Crippen LogP contribution in [0.25, 0.3) is 0 Å². The molecule has 1 aliphatic rings. The Hall–Kier alpha value is -1.83. The molecule has 2 nitrogen and oxygen atoms in total. The third-order valence-corrected chi connectivity index (χ3v) is 3.21. The summed E-state index contributed by atoms with van der Waals surface area (Å²) in [5.41, 5.74) is 3.46. The van der Waals surface area contributed by atoms with Crippen LogP contribution in [0.15, 0.2) is 53.2 Å². The third kappa shape index (κ3) is 3.82. The van der Waals surface area contributed by atoms with Gasteiger partial charge in [0.15, 0.2) is 0 Å². The van der Waals surface area contributed by atoms with E-state index in [0.29, 0.717) is 5.90 Å². The molecule has 0 heterocycles. The minimum atomic E-state index is 0.692. The minimum Gasteiger partial charge on any atom is -0.481 e. The zero-order valence-corrected chi connectivity index (χ0v) is 11.7. The standard InChI is InChI=1S/C17H21NO/c1-3-4-7-14-10-12-15(13-11-14)17(19-2)18-16-8-5-6-9-16/h5-6,8,10-13H,3-4,7,9H2,1-2H3. The van der Waals surface area contributed by atoms with Gasteiger partial charge < -0.3 is 4.74 Å². The number of hydrogen-bond acceptors (Lipinski definition) is 2. The van der Waals surface area contributed by atoms with Crippen molar-refractivity contribution in [1.29, 1.82) is 0 Å². The van der Waals surface area contributed by atoms with Crippen molar-refractivity contribution >= 4 is 5.90 Å². The summed E-state index contributed by atoms with van der Waals surface area (Å²) in [4.78, 5) is 4.55. The SMILES string of the molecule is CCCCc1ccc(C(=NC2=CC=CC2)OC)cc1. The second kappa shape index (κ2) is 6.93. The average Bonchev–Trinajstić information content (AvgIpc) is 2.96. The molecule has 1 aromatic rings. The average molecular weight is 255 g/mol. The number of aryl methyl sites for hydroxylation is 1. The van der Waals surface area contributed by atoms with Crippen molar-refractivity contribution < 1.29 is 4.74 Å². The van der Waals surface area contributed by atoms with E-state index in [1.165, 1.54) is 18.4 Å². The number of aliphatic imine (C=N–C) groups is 1. The maximum atomic E-state index is 5.40. The predicted molar refractivity (Wildman–Crippen MR) is 80.4 cm³/mol. The summed E-state index contributed by atoms with van der Waals surface area (Å²) in [6.07, 6.45) is 10.7. The Balaban J connectivity index is 2.10. The molecule has 0 atom stereocenters. The van der Waals surface area contributed by atoms with Gasteiger partial charge in [0.25, 0.3) is 0 Å². The Labute approximate surface area is 115 Å². The van der Waals surface area contributed by atoms with Gasteiger partial charge in [-0.05, 0) is 36.6 Å². The normalized spacial score (nSPS) is 14.6. The Morgan fingerprint density at radius 1 is 1.26 bits per heavy atom. The zero-order chi connectivity index (χ0) is 13.5. The fourth-order valence-electron chi connectivity index (χ4n) is 2.07. The van der Waals surface area contributed by atoms with E-state index in [2.05, 4.69) is 42.3 Å². The maximum Gasteiger partial charge on any atom is 0.220 e. The highest BCUT2D eigenvalue weighted by atomic mass is 16.5. The monoisotopic (exact) mass is 255 g/mol. The molecule has 0 amide bonds. The first-order valence-corrected chi connectivity index (χ1v) is 6.91. The fraction of sp³-hybridized carbons (Fsp3) is 0.353. The predicted octanol–water partition coefficient (Wildman–Crippen LogP) is 4.27. The molecule has 0 saturated heterocycles. The molecule has 1 aliphatic carbocycles. The molecule has 0 aliphatic heterocycles. The molecule has 0 spiro atoms. The minimum absolute atomic E-state index is 0.692. The molecule has 0 saturated carbocycles. The van der Waals surface area contributed by atoms with Gasteiger partial charge in [0, 0.05) is 17.7 Å². The first-order chi connectivity index (χ1) is 9.33. The van der Waals surface area contributed by atoms with Gasteiger partial charge in [0.05, 0.1) is 7.11 Å². The summed E-state index contributed by atoms with van der Waals surface area (Å²) in [5.74, 6) is 0.692. The second-order valence-electron chi connectivity index (χ2n) is 4.71. The molecule has 0 N–H and O–H groups in total. The number of nitrogens with zero attached hydrogens (tertiary/aromatic N) is 1. The maximum absolute atomic E-state index is 5.40. The molecule has 100 valence electrons.